The summed E-state index contributed by atoms with van der Waals surface area (Å²) in [5, 5.41) is 10.5. The molecule has 0 aromatic carbocycles. The summed E-state index contributed by atoms with van der Waals surface area (Å²) in [4.78, 5) is 1.15. The third-order valence-electron chi connectivity index (χ3n) is 2.37. The van der Waals surface area contributed by atoms with E-state index in [1.807, 2.05) is 30.9 Å². The van der Waals surface area contributed by atoms with Crippen LogP contribution in [0.1, 0.15) is 23.4 Å². The van der Waals surface area contributed by atoms with Crippen LogP contribution in [0.15, 0.2) is 23.8 Å². The monoisotopic (exact) mass is 255 g/mol. The number of aromatic nitrogens is 2. The van der Waals surface area contributed by atoms with Gasteiger partial charge in [-0.2, -0.15) is 5.10 Å². The molecule has 5 heteroatoms. The smallest absolute Gasteiger partial charge is 0.0716 e. The number of halogens is 1. The second kappa shape index (κ2) is 4.99. The molecule has 3 nitrogen and oxygen atoms in total. The van der Waals surface area contributed by atoms with Gasteiger partial charge in [-0.15, -0.1) is 11.3 Å². The summed E-state index contributed by atoms with van der Waals surface area (Å²) < 4.78 is 1.81. The van der Waals surface area contributed by atoms with Gasteiger partial charge < -0.3 is 5.32 Å². The molecule has 0 aliphatic rings. The van der Waals surface area contributed by atoms with E-state index < -0.39 is 0 Å². The highest BCUT2D eigenvalue weighted by atomic mass is 35.5. The first kappa shape index (κ1) is 11.6. The Bertz CT molecular complexity index is 463. The summed E-state index contributed by atoms with van der Waals surface area (Å²) >= 11 is 7.84. The van der Waals surface area contributed by atoms with Crippen LogP contribution in [-0.2, 0) is 7.05 Å². The molecule has 0 bridgehead atoms. The van der Waals surface area contributed by atoms with Gasteiger partial charge in [0.25, 0.3) is 0 Å². The molecule has 1 atom stereocenters. The Labute approximate surface area is 104 Å². The van der Waals surface area contributed by atoms with Gasteiger partial charge in [-0.05, 0) is 18.0 Å². The van der Waals surface area contributed by atoms with Gasteiger partial charge >= 0.3 is 0 Å². The molecule has 2 heterocycles. The maximum atomic E-state index is 6.17. The molecule has 0 saturated heterocycles. The SMILES string of the molecule is CCNC(c1cnn(C)c1)c1sccc1Cl. The van der Waals surface area contributed by atoms with E-state index >= 15 is 0 Å². The summed E-state index contributed by atoms with van der Waals surface area (Å²) in [7, 11) is 1.92. The van der Waals surface area contributed by atoms with Crippen molar-refractivity contribution in [1.82, 2.24) is 15.1 Å². The van der Waals surface area contributed by atoms with Gasteiger partial charge in [-0.1, -0.05) is 18.5 Å². The largest absolute Gasteiger partial charge is 0.306 e. The van der Waals surface area contributed by atoms with Crippen LogP contribution in [0.25, 0.3) is 0 Å². The highest BCUT2D eigenvalue weighted by Crippen LogP contribution is 2.32. The minimum Gasteiger partial charge on any atom is -0.306 e. The average Bonchev–Trinajstić information content (AvgIpc) is 2.84. The van der Waals surface area contributed by atoms with Crippen molar-refractivity contribution in [1.29, 1.82) is 0 Å². The molecule has 0 aliphatic carbocycles. The number of nitrogens with zero attached hydrogens (tertiary/aromatic N) is 2. The lowest BCUT2D eigenvalue weighted by Crippen LogP contribution is -2.20. The van der Waals surface area contributed by atoms with Gasteiger partial charge in [0.15, 0.2) is 0 Å². The second-order valence-corrected chi connectivity index (χ2v) is 4.93. The van der Waals surface area contributed by atoms with E-state index in [0.29, 0.717) is 0 Å². The molecule has 2 rings (SSSR count). The number of hydrogen-bond donors (Lipinski definition) is 1. The Hall–Kier alpha value is -0.840. The number of aryl methyl sites for hydroxylation is 1. The van der Waals surface area contributed by atoms with E-state index in [1.54, 1.807) is 16.0 Å². The summed E-state index contributed by atoms with van der Waals surface area (Å²) in [5.41, 5.74) is 1.15. The fraction of sp³-hybridized carbons (Fsp3) is 0.364. The van der Waals surface area contributed by atoms with Crippen molar-refractivity contribution < 1.29 is 0 Å². The van der Waals surface area contributed by atoms with Gasteiger partial charge in [0.2, 0.25) is 0 Å². The highest BCUT2D eigenvalue weighted by molar-refractivity contribution is 7.10. The first-order valence-electron chi connectivity index (χ1n) is 5.17. The van der Waals surface area contributed by atoms with Crippen molar-refractivity contribution >= 4 is 22.9 Å². The van der Waals surface area contributed by atoms with Crippen molar-refractivity contribution in [3.8, 4) is 0 Å². The lowest BCUT2D eigenvalue weighted by Gasteiger charge is -2.15. The van der Waals surface area contributed by atoms with E-state index in [1.165, 1.54) is 0 Å². The van der Waals surface area contributed by atoms with Gasteiger partial charge in [0.05, 0.1) is 17.3 Å². The van der Waals surface area contributed by atoms with Crippen LogP contribution >= 0.6 is 22.9 Å². The molecule has 0 spiro atoms. The van der Waals surface area contributed by atoms with E-state index in [4.69, 9.17) is 11.6 Å². The van der Waals surface area contributed by atoms with E-state index in [-0.39, 0.29) is 6.04 Å². The molecule has 2 aromatic heterocycles. The Morgan fingerprint density at radius 3 is 2.94 bits per heavy atom. The maximum Gasteiger partial charge on any atom is 0.0716 e. The van der Waals surface area contributed by atoms with E-state index in [0.717, 1.165) is 22.0 Å². The van der Waals surface area contributed by atoms with Crippen LogP contribution in [0, 0.1) is 0 Å². The fourth-order valence-electron chi connectivity index (χ4n) is 1.67. The third-order valence-corrected chi connectivity index (χ3v) is 3.80. The summed E-state index contributed by atoms with van der Waals surface area (Å²) in [5.74, 6) is 0. The third kappa shape index (κ3) is 2.29. The predicted molar refractivity (Wildman–Crippen MR) is 68.1 cm³/mol. The first-order chi connectivity index (χ1) is 7.72. The predicted octanol–water partition coefficient (Wildman–Crippen LogP) is 2.83. The molecular weight excluding hydrogens is 242 g/mol. The molecule has 0 amide bonds. The number of nitrogens with one attached hydrogen (secondary N) is 1. The second-order valence-electron chi connectivity index (χ2n) is 3.57. The lowest BCUT2D eigenvalue weighted by atomic mass is 10.1. The van der Waals surface area contributed by atoms with Crippen LogP contribution in [0.4, 0.5) is 0 Å². The van der Waals surface area contributed by atoms with Crippen molar-refractivity contribution in [3.63, 3.8) is 0 Å². The van der Waals surface area contributed by atoms with Crippen LogP contribution in [0.5, 0.6) is 0 Å². The molecular formula is C11H14ClN3S. The van der Waals surface area contributed by atoms with Crippen molar-refractivity contribution in [3.05, 3.63) is 39.3 Å². The van der Waals surface area contributed by atoms with Crippen molar-refractivity contribution in [2.24, 2.45) is 7.05 Å². The Morgan fingerprint density at radius 2 is 2.44 bits per heavy atom. The lowest BCUT2D eigenvalue weighted by molar-refractivity contribution is 0.639. The number of hydrogen-bond acceptors (Lipinski definition) is 3. The number of thiophene rings is 1. The molecule has 2 aromatic rings. The van der Waals surface area contributed by atoms with Gasteiger partial charge in [-0.3, -0.25) is 4.68 Å². The average molecular weight is 256 g/mol. The van der Waals surface area contributed by atoms with Crippen LogP contribution in [0.2, 0.25) is 5.02 Å². The van der Waals surface area contributed by atoms with Crippen LogP contribution < -0.4 is 5.32 Å². The van der Waals surface area contributed by atoms with Gasteiger partial charge in [0, 0.05) is 23.7 Å². The van der Waals surface area contributed by atoms with E-state index in [2.05, 4.69) is 17.3 Å². The summed E-state index contributed by atoms with van der Waals surface area (Å²) in [6.45, 7) is 2.98. The minimum absolute atomic E-state index is 0.145. The molecule has 1 unspecified atom stereocenters. The zero-order valence-corrected chi connectivity index (χ0v) is 10.8. The molecule has 0 radical (unpaired) electrons. The summed E-state index contributed by atoms with van der Waals surface area (Å²) in [6.07, 6.45) is 3.90. The Balaban J connectivity index is 2.34. The molecule has 86 valence electrons. The zero-order chi connectivity index (χ0) is 11.5. The number of rotatable bonds is 4. The van der Waals surface area contributed by atoms with Crippen molar-refractivity contribution in [2.75, 3.05) is 6.54 Å². The molecule has 0 aliphatic heterocycles. The minimum atomic E-state index is 0.145. The van der Waals surface area contributed by atoms with E-state index in [9.17, 15) is 0 Å². The quantitative estimate of drug-likeness (QED) is 0.911. The summed E-state index contributed by atoms with van der Waals surface area (Å²) in [6, 6.07) is 2.08. The Morgan fingerprint density at radius 1 is 1.62 bits per heavy atom. The van der Waals surface area contributed by atoms with Crippen LogP contribution in [-0.4, -0.2) is 16.3 Å². The highest BCUT2D eigenvalue weighted by Gasteiger charge is 2.18. The van der Waals surface area contributed by atoms with Gasteiger partial charge in [0.1, 0.15) is 0 Å². The van der Waals surface area contributed by atoms with Gasteiger partial charge in [-0.25, -0.2) is 0 Å². The first-order valence-corrected chi connectivity index (χ1v) is 6.43. The zero-order valence-electron chi connectivity index (χ0n) is 9.27. The molecule has 0 saturated carbocycles. The van der Waals surface area contributed by atoms with Crippen LogP contribution in [0.3, 0.4) is 0 Å². The molecule has 0 fully saturated rings. The fourth-order valence-corrected chi connectivity index (χ4v) is 2.93. The standard InChI is InChI=1S/C11H14ClN3S/c1-3-13-10(8-6-14-15(2)7-8)11-9(12)4-5-16-11/h4-7,10,13H,3H2,1-2H3. The Kier molecular flexibility index (Phi) is 3.63. The van der Waals surface area contributed by atoms with Crippen molar-refractivity contribution in [2.45, 2.75) is 13.0 Å². The molecule has 1 N–H and O–H groups in total. The normalized spacial score (nSPS) is 12.9. The topological polar surface area (TPSA) is 29.9 Å². The maximum absolute atomic E-state index is 6.17. The molecule has 16 heavy (non-hydrogen) atoms.